The highest BCUT2D eigenvalue weighted by molar-refractivity contribution is 5.19. The first kappa shape index (κ1) is 13.6. The van der Waals surface area contributed by atoms with Crippen LogP contribution in [0.1, 0.15) is 46.3 Å². The van der Waals surface area contributed by atoms with Crippen LogP contribution in [-0.2, 0) is 9.47 Å². The minimum absolute atomic E-state index is 0.106. The summed E-state index contributed by atoms with van der Waals surface area (Å²) in [4.78, 5) is 0. The Morgan fingerprint density at radius 2 is 1.72 bits per heavy atom. The summed E-state index contributed by atoms with van der Waals surface area (Å²) in [5, 5.41) is 0. The van der Waals surface area contributed by atoms with Crippen molar-refractivity contribution in [2.45, 2.75) is 46.5 Å². The van der Waals surface area contributed by atoms with E-state index in [1.807, 2.05) is 19.9 Å². The predicted molar refractivity (Wildman–Crippen MR) is 73.2 cm³/mol. The second-order valence-electron chi connectivity index (χ2n) is 6.63. The molecule has 100 valence electrons. The van der Waals surface area contributed by atoms with Gasteiger partial charge < -0.3 is 9.47 Å². The van der Waals surface area contributed by atoms with E-state index in [1.54, 1.807) is 0 Å². The normalized spacial score (nSPS) is 28.1. The van der Waals surface area contributed by atoms with Gasteiger partial charge in [-0.15, -0.1) is 0 Å². The van der Waals surface area contributed by atoms with E-state index in [-0.39, 0.29) is 11.5 Å². The summed E-state index contributed by atoms with van der Waals surface area (Å²) in [7, 11) is 0. The Bertz CT molecular complexity index is 389. The molecule has 1 fully saturated rings. The zero-order chi connectivity index (χ0) is 13.4. The molecular weight excluding hydrogens is 224 g/mol. The van der Waals surface area contributed by atoms with E-state index in [4.69, 9.17) is 9.47 Å². The van der Waals surface area contributed by atoms with E-state index in [0.717, 1.165) is 6.61 Å². The van der Waals surface area contributed by atoms with Crippen molar-refractivity contribution in [1.82, 2.24) is 0 Å². The van der Waals surface area contributed by atoms with Gasteiger partial charge in [0, 0.05) is 5.92 Å². The molecule has 0 aromatic heterocycles. The first-order valence-electron chi connectivity index (χ1n) is 6.66. The van der Waals surface area contributed by atoms with Crippen LogP contribution in [0.25, 0.3) is 0 Å². The molecule has 2 rings (SSSR count). The van der Waals surface area contributed by atoms with Crippen molar-refractivity contribution >= 4 is 0 Å². The third-order valence-corrected chi connectivity index (χ3v) is 3.63. The lowest BCUT2D eigenvalue weighted by Gasteiger charge is -2.46. The van der Waals surface area contributed by atoms with Gasteiger partial charge in [0.1, 0.15) is 0 Å². The highest BCUT2D eigenvalue weighted by atomic mass is 16.7. The van der Waals surface area contributed by atoms with Crippen LogP contribution in [0.4, 0.5) is 0 Å². The standard InChI is InChI=1S/C16H24O2/c1-15(2,3)13-11-17-16(4,5)18-14(13)12-9-7-6-8-10-12/h6-10,13-14H,11H2,1-5H3. The highest BCUT2D eigenvalue weighted by Gasteiger charge is 2.42. The van der Waals surface area contributed by atoms with E-state index in [9.17, 15) is 0 Å². The molecule has 2 unspecified atom stereocenters. The Labute approximate surface area is 110 Å². The first-order valence-corrected chi connectivity index (χ1v) is 6.66. The van der Waals surface area contributed by atoms with Gasteiger partial charge in [-0.3, -0.25) is 0 Å². The third-order valence-electron chi connectivity index (χ3n) is 3.63. The number of rotatable bonds is 1. The fourth-order valence-electron chi connectivity index (χ4n) is 2.45. The smallest absolute Gasteiger partial charge is 0.163 e. The summed E-state index contributed by atoms with van der Waals surface area (Å²) in [6.07, 6.45) is 0.106. The van der Waals surface area contributed by atoms with Gasteiger partial charge >= 0.3 is 0 Å². The van der Waals surface area contributed by atoms with Gasteiger partial charge in [0.25, 0.3) is 0 Å². The molecule has 2 nitrogen and oxygen atoms in total. The summed E-state index contributed by atoms with van der Waals surface area (Å²) in [6.45, 7) is 11.5. The van der Waals surface area contributed by atoms with Gasteiger partial charge in [0.15, 0.2) is 5.79 Å². The summed E-state index contributed by atoms with van der Waals surface area (Å²) >= 11 is 0. The molecule has 1 aromatic carbocycles. The Kier molecular flexibility index (Phi) is 3.52. The van der Waals surface area contributed by atoms with Crippen LogP contribution >= 0.6 is 0 Å². The summed E-state index contributed by atoms with van der Waals surface area (Å²) in [5.41, 5.74) is 1.41. The zero-order valence-electron chi connectivity index (χ0n) is 12.1. The predicted octanol–water partition coefficient (Wildman–Crippen LogP) is 4.17. The Morgan fingerprint density at radius 3 is 2.28 bits per heavy atom. The fourth-order valence-corrected chi connectivity index (χ4v) is 2.45. The van der Waals surface area contributed by atoms with Crippen LogP contribution in [0.15, 0.2) is 30.3 Å². The van der Waals surface area contributed by atoms with Gasteiger partial charge in [-0.25, -0.2) is 0 Å². The summed E-state index contributed by atoms with van der Waals surface area (Å²) in [6, 6.07) is 10.5. The van der Waals surface area contributed by atoms with Crippen LogP contribution in [0, 0.1) is 11.3 Å². The maximum absolute atomic E-state index is 6.18. The monoisotopic (exact) mass is 248 g/mol. The molecule has 0 amide bonds. The second-order valence-corrected chi connectivity index (χ2v) is 6.63. The van der Waals surface area contributed by atoms with Gasteiger partial charge in [-0.1, -0.05) is 51.1 Å². The van der Waals surface area contributed by atoms with Crippen LogP contribution in [0.5, 0.6) is 0 Å². The van der Waals surface area contributed by atoms with Gasteiger partial charge in [0.2, 0.25) is 0 Å². The van der Waals surface area contributed by atoms with Gasteiger partial charge in [-0.05, 0) is 24.8 Å². The molecule has 2 atom stereocenters. The van der Waals surface area contributed by atoms with Crippen molar-refractivity contribution in [2.75, 3.05) is 6.61 Å². The first-order chi connectivity index (χ1) is 8.30. The molecule has 0 radical (unpaired) electrons. The Balaban J connectivity index is 2.31. The quantitative estimate of drug-likeness (QED) is 0.742. The van der Waals surface area contributed by atoms with Gasteiger partial charge in [-0.2, -0.15) is 0 Å². The largest absolute Gasteiger partial charge is 0.350 e. The number of hydrogen-bond acceptors (Lipinski definition) is 2. The van der Waals surface area contributed by atoms with E-state index in [0.29, 0.717) is 5.92 Å². The van der Waals surface area contributed by atoms with Gasteiger partial charge in [0.05, 0.1) is 12.7 Å². The molecule has 1 aliphatic heterocycles. The molecule has 1 heterocycles. The van der Waals surface area contributed by atoms with Crippen molar-refractivity contribution in [1.29, 1.82) is 0 Å². The number of benzene rings is 1. The fraction of sp³-hybridized carbons (Fsp3) is 0.625. The lowest BCUT2D eigenvalue weighted by atomic mass is 9.75. The van der Waals surface area contributed by atoms with Crippen LogP contribution < -0.4 is 0 Å². The highest BCUT2D eigenvalue weighted by Crippen LogP contribution is 2.44. The molecule has 0 spiro atoms. The number of hydrogen-bond donors (Lipinski definition) is 0. The molecule has 1 aliphatic rings. The average molecular weight is 248 g/mol. The molecule has 18 heavy (non-hydrogen) atoms. The maximum atomic E-state index is 6.18. The molecule has 1 aromatic rings. The molecule has 0 aliphatic carbocycles. The van der Waals surface area contributed by atoms with Crippen molar-refractivity contribution in [2.24, 2.45) is 11.3 Å². The summed E-state index contributed by atoms with van der Waals surface area (Å²) < 4.78 is 12.0. The average Bonchev–Trinajstić information content (AvgIpc) is 2.27. The minimum Gasteiger partial charge on any atom is -0.350 e. The molecule has 1 saturated heterocycles. The van der Waals surface area contributed by atoms with E-state index < -0.39 is 5.79 Å². The Hall–Kier alpha value is -0.860. The molecule has 2 heteroatoms. The van der Waals surface area contributed by atoms with Crippen LogP contribution in [0.2, 0.25) is 0 Å². The number of ether oxygens (including phenoxy) is 2. The maximum Gasteiger partial charge on any atom is 0.163 e. The molecule has 0 N–H and O–H groups in total. The topological polar surface area (TPSA) is 18.5 Å². The summed E-state index contributed by atoms with van der Waals surface area (Å²) in [5.74, 6) is -0.129. The zero-order valence-corrected chi connectivity index (χ0v) is 12.1. The van der Waals surface area contributed by atoms with E-state index in [2.05, 4.69) is 45.0 Å². The second kappa shape index (κ2) is 4.67. The third kappa shape index (κ3) is 2.93. The van der Waals surface area contributed by atoms with Crippen LogP contribution in [0.3, 0.4) is 0 Å². The van der Waals surface area contributed by atoms with Crippen molar-refractivity contribution < 1.29 is 9.47 Å². The van der Waals surface area contributed by atoms with Crippen LogP contribution in [-0.4, -0.2) is 12.4 Å². The van der Waals surface area contributed by atoms with E-state index >= 15 is 0 Å². The van der Waals surface area contributed by atoms with Crippen molar-refractivity contribution in [3.63, 3.8) is 0 Å². The molecular formula is C16H24O2. The SMILES string of the molecule is CC1(C)OCC(C(C)(C)C)C(c2ccccc2)O1. The lowest BCUT2D eigenvalue weighted by Crippen LogP contribution is -2.45. The Morgan fingerprint density at radius 1 is 1.11 bits per heavy atom. The molecule has 0 saturated carbocycles. The van der Waals surface area contributed by atoms with Crippen molar-refractivity contribution in [3.8, 4) is 0 Å². The molecule has 0 bridgehead atoms. The van der Waals surface area contributed by atoms with E-state index in [1.165, 1.54) is 5.56 Å². The lowest BCUT2D eigenvalue weighted by molar-refractivity contribution is -0.307. The minimum atomic E-state index is -0.498. The van der Waals surface area contributed by atoms with Crippen molar-refractivity contribution in [3.05, 3.63) is 35.9 Å².